The first-order valence-corrected chi connectivity index (χ1v) is 12.2. The summed E-state index contributed by atoms with van der Waals surface area (Å²) >= 11 is 0. The highest BCUT2D eigenvalue weighted by molar-refractivity contribution is 7.92. The van der Waals surface area contributed by atoms with Crippen molar-refractivity contribution < 1.29 is 17.6 Å². The molecular formula is C24H29FN4O3S. The maximum absolute atomic E-state index is 13.9. The van der Waals surface area contributed by atoms with Crippen molar-refractivity contribution in [3.05, 3.63) is 70.8 Å². The fourth-order valence-corrected chi connectivity index (χ4v) is 4.93. The van der Waals surface area contributed by atoms with E-state index in [-0.39, 0.29) is 22.9 Å². The zero-order valence-electron chi connectivity index (χ0n) is 19.4. The molecule has 9 heteroatoms. The molecule has 0 fully saturated rings. The van der Waals surface area contributed by atoms with Crippen LogP contribution in [0.2, 0.25) is 0 Å². The van der Waals surface area contributed by atoms with Gasteiger partial charge in [-0.05, 0) is 56.5 Å². The van der Waals surface area contributed by atoms with E-state index < -0.39 is 15.8 Å². The summed E-state index contributed by atoms with van der Waals surface area (Å²) in [5, 5.41) is 7.30. The number of hydrogen-bond donors (Lipinski definition) is 2. The van der Waals surface area contributed by atoms with Crippen LogP contribution < -0.4 is 10.0 Å². The largest absolute Gasteiger partial charge is 0.326 e. The number of para-hydroxylation sites is 1. The van der Waals surface area contributed by atoms with Gasteiger partial charge in [0.15, 0.2) is 0 Å². The van der Waals surface area contributed by atoms with Crippen LogP contribution in [0.15, 0.2) is 47.4 Å². The van der Waals surface area contributed by atoms with Crippen LogP contribution >= 0.6 is 0 Å². The van der Waals surface area contributed by atoms with Gasteiger partial charge in [0.25, 0.3) is 10.0 Å². The maximum Gasteiger partial charge on any atom is 0.262 e. The summed E-state index contributed by atoms with van der Waals surface area (Å²) < 4.78 is 43.9. The summed E-state index contributed by atoms with van der Waals surface area (Å²) in [6.45, 7) is 10.4. The first kappa shape index (κ1) is 24.4. The lowest BCUT2D eigenvalue weighted by Gasteiger charge is -2.13. The van der Waals surface area contributed by atoms with Gasteiger partial charge >= 0.3 is 0 Å². The first-order chi connectivity index (χ1) is 15.5. The van der Waals surface area contributed by atoms with Gasteiger partial charge < -0.3 is 5.32 Å². The molecule has 0 saturated heterocycles. The summed E-state index contributed by atoms with van der Waals surface area (Å²) in [6.07, 6.45) is 0.124. The van der Waals surface area contributed by atoms with E-state index in [1.807, 2.05) is 18.5 Å². The molecule has 0 radical (unpaired) electrons. The molecule has 0 aliphatic rings. The van der Waals surface area contributed by atoms with Gasteiger partial charge in [0.1, 0.15) is 5.82 Å². The fourth-order valence-electron chi connectivity index (χ4n) is 3.59. The number of amides is 1. The SMILES string of the molecule is Cc1ccc(NC(=O)Cc2c(C)nn(CC(C)C)c2C)cc1S(=O)(=O)Nc1ccccc1F. The van der Waals surface area contributed by atoms with Crippen molar-refractivity contribution in [1.82, 2.24) is 9.78 Å². The van der Waals surface area contributed by atoms with Crippen LogP contribution in [0.25, 0.3) is 0 Å². The Morgan fingerprint density at radius 3 is 2.48 bits per heavy atom. The molecule has 1 amide bonds. The minimum Gasteiger partial charge on any atom is -0.326 e. The molecule has 0 aliphatic heterocycles. The Morgan fingerprint density at radius 1 is 1.12 bits per heavy atom. The van der Waals surface area contributed by atoms with Gasteiger partial charge in [0.05, 0.1) is 22.7 Å². The number of carbonyl (C=O) groups excluding carboxylic acids is 1. The number of nitrogens with zero attached hydrogens (tertiary/aromatic N) is 2. The predicted molar refractivity (Wildman–Crippen MR) is 127 cm³/mol. The number of aryl methyl sites for hydroxylation is 2. The molecule has 0 aliphatic carbocycles. The van der Waals surface area contributed by atoms with Crippen LogP contribution in [0.1, 0.15) is 36.4 Å². The van der Waals surface area contributed by atoms with Gasteiger partial charge in [0.2, 0.25) is 5.91 Å². The van der Waals surface area contributed by atoms with Crippen LogP contribution in [0, 0.1) is 32.5 Å². The highest BCUT2D eigenvalue weighted by Crippen LogP contribution is 2.24. The quantitative estimate of drug-likeness (QED) is 0.502. The second-order valence-electron chi connectivity index (χ2n) is 8.52. The van der Waals surface area contributed by atoms with Crippen molar-refractivity contribution in [2.45, 2.75) is 52.5 Å². The van der Waals surface area contributed by atoms with Crippen molar-refractivity contribution >= 4 is 27.3 Å². The van der Waals surface area contributed by atoms with E-state index in [0.29, 0.717) is 17.2 Å². The summed E-state index contributed by atoms with van der Waals surface area (Å²) in [6, 6.07) is 10.1. The molecule has 7 nitrogen and oxygen atoms in total. The molecule has 0 unspecified atom stereocenters. The molecule has 2 N–H and O–H groups in total. The van der Waals surface area contributed by atoms with E-state index in [9.17, 15) is 17.6 Å². The number of carbonyl (C=O) groups is 1. The molecule has 3 aromatic rings. The van der Waals surface area contributed by atoms with E-state index in [4.69, 9.17) is 0 Å². The first-order valence-electron chi connectivity index (χ1n) is 10.7. The highest BCUT2D eigenvalue weighted by atomic mass is 32.2. The molecule has 0 bridgehead atoms. The average molecular weight is 473 g/mol. The smallest absolute Gasteiger partial charge is 0.262 e. The van der Waals surface area contributed by atoms with Crippen LogP contribution in [-0.4, -0.2) is 24.1 Å². The number of nitrogens with one attached hydrogen (secondary N) is 2. The molecule has 2 aromatic carbocycles. The van der Waals surface area contributed by atoms with E-state index in [0.717, 1.165) is 23.5 Å². The number of aromatic nitrogens is 2. The Balaban J connectivity index is 1.79. The molecule has 33 heavy (non-hydrogen) atoms. The second kappa shape index (κ2) is 9.74. The van der Waals surface area contributed by atoms with Gasteiger partial charge in [-0.25, -0.2) is 12.8 Å². The number of hydrogen-bond acceptors (Lipinski definition) is 4. The van der Waals surface area contributed by atoms with Crippen molar-refractivity contribution in [3.63, 3.8) is 0 Å². The van der Waals surface area contributed by atoms with Crippen molar-refractivity contribution in [3.8, 4) is 0 Å². The maximum atomic E-state index is 13.9. The molecule has 0 spiro atoms. The fraction of sp³-hybridized carbons (Fsp3) is 0.333. The average Bonchev–Trinajstić information content (AvgIpc) is 2.97. The molecule has 176 valence electrons. The van der Waals surface area contributed by atoms with E-state index in [2.05, 4.69) is 29.0 Å². The summed E-state index contributed by atoms with van der Waals surface area (Å²) in [7, 11) is -4.06. The predicted octanol–water partition coefficient (Wildman–Crippen LogP) is 4.59. The Kier molecular flexibility index (Phi) is 7.22. The van der Waals surface area contributed by atoms with Crippen LogP contribution in [0.5, 0.6) is 0 Å². The molecule has 3 rings (SSSR count). The zero-order chi connectivity index (χ0) is 24.3. The lowest BCUT2D eigenvalue weighted by atomic mass is 10.1. The van der Waals surface area contributed by atoms with Crippen LogP contribution in [0.3, 0.4) is 0 Å². The van der Waals surface area contributed by atoms with Crippen molar-refractivity contribution in [2.24, 2.45) is 5.92 Å². The third-order valence-electron chi connectivity index (χ3n) is 5.29. The van der Waals surface area contributed by atoms with E-state index in [1.165, 1.54) is 30.3 Å². The lowest BCUT2D eigenvalue weighted by Crippen LogP contribution is -2.18. The molecule has 1 aromatic heterocycles. The topological polar surface area (TPSA) is 93.1 Å². The lowest BCUT2D eigenvalue weighted by molar-refractivity contribution is -0.115. The Hall–Kier alpha value is -3.20. The van der Waals surface area contributed by atoms with Gasteiger partial charge in [-0.1, -0.05) is 32.0 Å². The molecule has 0 atom stereocenters. The number of halogens is 1. The minimum absolute atomic E-state index is 0.0410. The summed E-state index contributed by atoms with van der Waals surface area (Å²) in [4.78, 5) is 12.7. The Bertz CT molecular complexity index is 1280. The monoisotopic (exact) mass is 472 g/mol. The number of anilines is 2. The number of benzene rings is 2. The summed E-state index contributed by atoms with van der Waals surface area (Å²) in [5.74, 6) is -0.526. The van der Waals surface area contributed by atoms with Gasteiger partial charge in [-0.15, -0.1) is 0 Å². The number of sulfonamides is 1. The Morgan fingerprint density at radius 2 is 1.82 bits per heavy atom. The zero-order valence-corrected chi connectivity index (χ0v) is 20.3. The van der Waals surface area contributed by atoms with Crippen molar-refractivity contribution in [2.75, 3.05) is 10.0 Å². The van der Waals surface area contributed by atoms with Gasteiger partial charge in [-0.3, -0.25) is 14.2 Å². The standard InChI is InChI=1S/C24H29FN4O3S/c1-15(2)14-29-18(5)20(17(4)27-29)13-24(30)26-19-11-10-16(3)23(12-19)33(31,32)28-22-9-7-6-8-21(22)25/h6-12,15,28H,13-14H2,1-5H3,(H,26,30). The number of rotatable bonds is 8. The molecule has 1 heterocycles. The van der Waals surface area contributed by atoms with Crippen LogP contribution in [-0.2, 0) is 27.8 Å². The van der Waals surface area contributed by atoms with Crippen LogP contribution in [0.4, 0.5) is 15.8 Å². The van der Waals surface area contributed by atoms with Gasteiger partial charge in [0, 0.05) is 23.5 Å². The van der Waals surface area contributed by atoms with Crippen molar-refractivity contribution in [1.29, 1.82) is 0 Å². The third kappa shape index (κ3) is 5.78. The second-order valence-corrected chi connectivity index (χ2v) is 10.2. The van der Waals surface area contributed by atoms with E-state index >= 15 is 0 Å². The highest BCUT2D eigenvalue weighted by Gasteiger charge is 2.20. The van der Waals surface area contributed by atoms with Gasteiger partial charge in [-0.2, -0.15) is 5.10 Å². The summed E-state index contributed by atoms with van der Waals surface area (Å²) in [5.41, 5.74) is 3.26. The Labute approximate surface area is 194 Å². The minimum atomic E-state index is -4.06. The molecule has 0 saturated carbocycles. The normalized spacial score (nSPS) is 11.6. The molecular weight excluding hydrogens is 443 g/mol. The van der Waals surface area contributed by atoms with E-state index in [1.54, 1.807) is 19.1 Å². The third-order valence-corrected chi connectivity index (χ3v) is 6.79.